The molecule has 3 aliphatic heterocycles. The van der Waals surface area contributed by atoms with E-state index in [0.717, 1.165) is 10.8 Å². The number of hydrogen-bond donors (Lipinski definition) is 0. The highest BCUT2D eigenvalue weighted by atomic mass is 32.1. The van der Waals surface area contributed by atoms with Crippen LogP contribution in [-0.2, 0) is 0 Å². The van der Waals surface area contributed by atoms with E-state index in [1.807, 2.05) is 12.1 Å². The van der Waals surface area contributed by atoms with Crippen molar-refractivity contribution in [1.29, 1.82) is 0 Å². The minimum absolute atomic E-state index is 0.174. The molecule has 0 amide bonds. The van der Waals surface area contributed by atoms with E-state index in [1.165, 1.54) is 36.0 Å². The number of carbonyl (C=O) groups is 1. The summed E-state index contributed by atoms with van der Waals surface area (Å²) in [6, 6.07) is 10.4. The Hall–Kier alpha value is -1.19. The van der Waals surface area contributed by atoms with E-state index in [9.17, 15) is 4.79 Å². The zero-order chi connectivity index (χ0) is 15.3. The molecule has 4 heterocycles. The summed E-state index contributed by atoms with van der Waals surface area (Å²) in [4.78, 5) is 16.4. The standard InChI is InChI=1S/C19H23NOS/c1-19(2)15(13-7-9-20(19)10-8-13)12-16(21)18-11-14-5-3-4-6-17(14)22-18/h3-6,11,13,15H,7-10,12H2,1-2H3. The number of ketones is 1. The van der Waals surface area contributed by atoms with E-state index in [1.54, 1.807) is 11.3 Å². The molecule has 2 aromatic rings. The van der Waals surface area contributed by atoms with Crippen molar-refractivity contribution in [2.24, 2.45) is 11.8 Å². The van der Waals surface area contributed by atoms with Crippen molar-refractivity contribution >= 4 is 27.2 Å². The molecule has 1 unspecified atom stereocenters. The van der Waals surface area contributed by atoms with Crippen molar-refractivity contribution in [3.8, 4) is 0 Å². The van der Waals surface area contributed by atoms with Gasteiger partial charge in [-0.15, -0.1) is 11.3 Å². The second-order valence-electron chi connectivity index (χ2n) is 7.36. The van der Waals surface area contributed by atoms with Crippen LogP contribution in [0.25, 0.3) is 10.1 Å². The minimum atomic E-state index is 0.174. The van der Waals surface area contributed by atoms with Gasteiger partial charge in [-0.1, -0.05) is 18.2 Å². The molecular formula is C19H23NOS. The lowest BCUT2D eigenvalue weighted by Gasteiger charge is -2.56. The molecule has 0 aliphatic carbocycles. The van der Waals surface area contributed by atoms with Gasteiger partial charge in [0, 0.05) is 16.7 Å². The van der Waals surface area contributed by atoms with Crippen LogP contribution in [0, 0.1) is 11.8 Å². The first kappa shape index (κ1) is 14.4. The average molecular weight is 313 g/mol. The summed E-state index contributed by atoms with van der Waals surface area (Å²) >= 11 is 1.65. The fourth-order valence-corrected chi connectivity index (χ4v) is 5.54. The Bertz CT molecular complexity index is 676. The maximum atomic E-state index is 12.8. The molecule has 0 spiro atoms. The third kappa shape index (κ3) is 2.22. The van der Waals surface area contributed by atoms with Crippen LogP contribution in [0.15, 0.2) is 30.3 Å². The second kappa shape index (κ2) is 5.17. The average Bonchev–Trinajstić information content (AvgIpc) is 2.95. The lowest BCUT2D eigenvalue weighted by Crippen LogP contribution is -2.61. The summed E-state index contributed by atoms with van der Waals surface area (Å²) < 4.78 is 1.22. The van der Waals surface area contributed by atoms with Crippen LogP contribution >= 0.6 is 11.3 Å². The molecule has 3 saturated heterocycles. The van der Waals surface area contributed by atoms with Crippen molar-refractivity contribution in [3.63, 3.8) is 0 Å². The molecule has 1 aromatic carbocycles. The lowest BCUT2D eigenvalue weighted by molar-refractivity contribution is -0.0643. The molecular weight excluding hydrogens is 290 g/mol. The predicted molar refractivity (Wildman–Crippen MR) is 92.6 cm³/mol. The molecule has 3 aliphatic rings. The van der Waals surface area contributed by atoms with Crippen LogP contribution in [0.1, 0.15) is 42.8 Å². The molecule has 0 radical (unpaired) electrons. The number of fused-ring (bicyclic) bond motifs is 4. The number of nitrogens with zero attached hydrogens (tertiary/aromatic N) is 1. The van der Waals surface area contributed by atoms with Crippen molar-refractivity contribution in [2.45, 2.75) is 38.6 Å². The molecule has 1 atom stereocenters. The number of piperidine rings is 3. The lowest BCUT2D eigenvalue weighted by atomic mass is 9.65. The van der Waals surface area contributed by atoms with Crippen molar-refractivity contribution in [2.75, 3.05) is 13.1 Å². The molecule has 1 aromatic heterocycles. The first-order valence-electron chi connectivity index (χ1n) is 8.32. The SMILES string of the molecule is CC1(C)C(CC(=O)c2cc3ccccc3s2)C2CCN1CC2. The number of rotatable bonds is 3. The van der Waals surface area contributed by atoms with Gasteiger partial charge in [0.05, 0.1) is 4.88 Å². The third-order valence-electron chi connectivity index (χ3n) is 5.94. The topological polar surface area (TPSA) is 20.3 Å². The molecule has 2 bridgehead atoms. The largest absolute Gasteiger partial charge is 0.298 e. The summed E-state index contributed by atoms with van der Waals surface area (Å²) in [5.74, 6) is 1.58. The van der Waals surface area contributed by atoms with Crippen molar-refractivity contribution in [1.82, 2.24) is 4.90 Å². The molecule has 3 heteroatoms. The molecule has 0 saturated carbocycles. The summed E-state index contributed by atoms with van der Waals surface area (Å²) in [5, 5.41) is 1.20. The normalized spacial score (nSPS) is 29.8. The zero-order valence-electron chi connectivity index (χ0n) is 13.3. The molecule has 0 N–H and O–H groups in total. The molecule has 22 heavy (non-hydrogen) atoms. The van der Waals surface area contributed by atoms with Gasteiger partial charge in [-0.2, -0.15) is 0 Å². The van der Waals surface area contributed by atoms with E-state index in [4.69, 9.17) is 0 Å². The van der Waals surface area contributed by atoms with Gasteiger partial charge in [-0.3, -0.25) is 9.69 Å². The first-order chi connectivity index (χ1) is 10.6. The van der Waals surface area contributed by atoms with Gasteiger partial charge >= 0.3 is 0 Å². The number of thiophene rings is 1. The maximum Gasteiger partial charge on any atom is 0.173 e. The van der Waals surface area contributed by atoms with Crippen LogP contribution < -0.4 is 0 Å². The summed E-state index contributed by atoms with van der Waals surface area (Å²) in [6.07, 6.45) is 3.25. The van der Waals surface area contributed by atoms with E-state index < -0.39 is 0 Å². The Balaban J connectivity index is 1.58. The van der Waals surface area contributed by atoms with Gasteiger partial charge in [-0.05, 0) is 69.1 Å². The van der Waals surface area contributed by atoms with Crippen LogP contribution in [0.5, 0.6) is 0 Å². The summed E-state index contributed by atoms with van der Waals surface area (Å²) in [7, 11) is 0. The smallest absolute Gasteiger partial charge is 0.173 e. The van der Waals surface area contributed by atoms with Crippen molar-refractivity contribution < 1.29 is 4.79 Å². The minimum Gasteiger partial charge on any atom is -0.298 e. The Labute approximate surface area is 136 Å². The van der Waals surface area contributed by atoms with Crippen LogP contribution in [0.3, 0.4) is 0 Å². The highest BCUT2D eigenvalue weighted by Gasteiger charge is 2.47. The second-order valence-corrected chi connectivity index (χ2v) is 8.44. The first-order valence-corrected chi connectivity index (χ1v) is 9.14. The summed E-state index contributed by atoms with van der Waals surface area (Å²) in [6.45, 7) is 7.10. The number of carbonyl (C=O) groups excluding carboxylic acids is 1. The van der Waals surface area contributed by atoms with E-state index >= 15 is 0 Å². The zero-order valence-corrected chi connectivity index (χ0v) is 14.2. The number of benzene rings is 1. The molecule has 3 fully saturated rings. The maximum absolute atomic E-state index is 12.8. The van der Waals surface area contributed by atoms with Gasteiger partial charge in [0.2, 0.25) is 0 Å². The van der Waals surface area contributed by atoms with Crippen LogP contribution in [-0.4, -0.2) is 29.3 Å². The number of Topliss-reactive ketones (excluding diaryl/α,β-unsaturated/α-hetero) is 1. The number of hydrogen-bond acceptors (Lipinski definition) is 3. The van der Waals surface area contributed by atoms with Crippen LogP contribution in [0.2, 0.25) is 0 Å². The van der Waals surface area contributed by atoms with E-state index in [0.29, 0.717) is 18.1 Å². The van der Waals surface area contributed by atoms with Crippen LogP contribution in [0.4, 0.5) is 0 Å². The highest BCUT2D eigenvalue weighted by Crippen LogP contribution is 2.46. The predicted octanol–water partition coefficient (Wildman–Crippen LogP) is 4.59. The highest BCUT2D eigenvalue weighted by molar-refractivity contribution is 7.20. The van der Waals surface area contributed by atoms with Gasteiger partial charge in [0.25, 0.3) is 0 Å². The third-order valence-corrected chi connectivity index (χ3v) is 7.09. The molecule has 2 nitrogen and oxygen atoms in total. The molecule has 5 rings (SSSR count). The van der Waals surface area contributed by atoms with Gasteiger partial charge in [0.1, 0.15) is 0 Å². The van der Waals surface area contributed by atoms with Gasteiger partial charge < -0.3 is 0 Å². The summed E-state index contributed by atoms with van der Waals surface area (Å²) in [5.41, 5.74) is 0.174. The fraction of sp³-hybridized carbons (Fsp3) is 0.526. The Morgan fingerprint density at radius 3 is 2.68 bits per heavy atom. The molecule has 116 valence electrons. The Morgan fingerprint density at radius 2 is 2.00 bits per heavy atom. The fourth-order valence-electron chi connectivity index (χ4n) is 4.53. The quantitative estimate of drug-likeness (QED) is 0.772. The van der Waals surface area contributed by atoms with Gasteiger partial charge in [-0.25, -0.2) is 0 Å². The van der Waals surface area contributed by atoms with E-state index in [-0.39, 0.29) is 5.54 Å². The van der Waals surface area contributed by atoms with Crippen molar-refractivity contribution in [3.05, 3.63) is 35.2 Å². The monoisotopic (exact) mass is 313 g/mol. The van der Waals surface area contributed by atoms with E-state index in [2.05, 4.69) is 36.9 Å². The Morgan fingerprint density at radius 1 is 1.27 bits per heavy atom. The van der Waals surface area contributed by atoms with Gasteiger partial charge in [0.15, 0.2) is 5.78 Å². The Kier molecular flexibility index (Phi) is 3.39.